The van der Waals surface area contributed by atoms with Crippen molar-refractivity contribution in [3.63, 3.8) is 0 Å². The molecule has 2 aromatic carbocycles. The van der Waals surface area contributed by atoms with Crippen LogP contribution in [-0.4, -0.2) is 6.61 Å². The van der Waals surface area contributed by atoms with E-state index in [1.807, 2.05) is 36.4 Å². The zero-order valence-corrected chi connectivity index (χ0v) is 15.1. The number of rotatable bonds is 4. The Morgan fingerprint density at radius 2 is 1.09 bits per heavy atom. The minimum atomic E-state index is 0.157. The van der Waals surface area contributed by atoms with Crippen molar-refractivity contribution in [2.75, 3.05) is 6.61 Å². The van der Waals surface area contributed by atoms with Crippen LogP contribution in [-0.2, 0) is 5.41 Å². The summed E-state index contributed by atoms with van der Waals surface area (Å²) in [6.45, 7) is 13.8. The maximum Gasteiger partial charge on any atom is 0.127 e. The van der Waals surface area contributed by atoms with Gasteiger partial charge in [-0.25, -0.2) is 0 Å². The van der Waals surface area contributed by atoms with Crippen molar-refractivity contribution < 1.29 is 9.47 Å². The van der Waals surface area contributed by atoms with Gasteiger partial charge in [0, 0.05) is 0 Å². The van der Waals surface area contributed by atoms with E-state index in [1.165, 1.54) is 5.56 Å². The first-order valence-corrected chi connectivity index (χ1v) is 8.15. The van der Waals surface area contributed by atoms with Gasteiger partial charge >= 0.3 is 0 Å². The lowest BCUT2D eigenvalue weighted by Gasteiger charge is -2.19. The highest BCUT2D eigenvalue weighted by Crippen LogP contribution is 2.28. The zero-order valence-electron chi connectivity index (χ0n) is 15.1. The van der Waals surface area contributed by atoms with E-state index in [-0.39, 0.29) is 10.8 Å². The molecule has 2 heteroatoms. The highest BCUT2D eigenvalue weighted by Gasteiger charge is 2.13. The Morgan fingerprint density at radius 3 is 1.52 bits per heavy atom. The van der Waals surface area contributed by atoms with E-state index in [9.17, 15) is 0 Å². The Kier molecular flexibility index (Phi) is 5.03. The molecule has 0 aliphatic heterocycles. The van der Waals surface area contributed by atoms with Crippen molar-refractivity contribution in [2.24, 2.45) is 5.41 Å². The van der Waals surface area contributed by atoms with E-state index in [4.69, 9.17) is 9.47 Å². The van der Waals surface area contributed by atoms with Crippen LogP contribution >= 0.6 is 0 Å². The van der Waals surface area contributed by atoms with E-state index >= 15 is 0 Å². The second kappa shape index (κ2) is 6.66. The third-order valence-corrected chi connectivity index (χ3v) is 3.45. The monoisotopic (exact) mass is 312 g/mol. The van der Waals surface area contributed by atoms with Crippen LogP contribution in [0, 0.1) is 5.41 Å². The molecule has 23 heavy (non-hydrogen) atoms. The normalized spacial score (nSPS) is 12.1. The summed E-state index contributed by atoms with van der Waals surface area (Å²) >= 11 is 0. The SMILES string of the molecule is CC(C)(C)COc1ccc(Oc2ccc(C(C)(C)C)cc2)cc1. The minimum absolute atomic E-state index is 0.157. The quantitative estimate of drug-likeness (QED) is 0.669. The van der Waals surface area contributed by atoms with Crippen LogP contribution in [0.1, 0.15) is 47.1 Å². The maximum absolute atomic E-state index is 5.89. The van der Waals surface area contributed by atoms with E-state index in [1.54, 1.807) is 0 Å². The number of hydrogen-bond donors (Lipinski definition) is 0. The molecule has 2 nitrogen and oxygen atoms in total. The second-order valence-electron chi connectivity index (χ2n) is 8.20. The fourth-order valence-corrected chi connectivity index (χ4v) is 2.06. The predicted molar refractivity (Wildman–Crippen MR) is 96.6 cm³/mol. The van der Waals surface area contributed by atoms with Gasteiger partial charge in [-0.1, -0.05) is 53.7 Å². The number of ether oxygens (including phenoxy) is 2. The molecule has 0 fully saturated rings. The van der Waals surface area contributed by atoms with Crippen molar-refractivity contribution in [3.05, 3.63) is 54.1 Å². The van der Waals surface area contributed by atoms with E-state index < -0.39 is 0 Å². The lowest BCUT2D eigenvalue weighted by atomic mass is 9.87. The Morgan fingerprint density at radius 1 is 0.652 bits per heavy atom. The smallest absolute Gasteiger partial charge is 0.127 e. The molecule has 0 amide bonds. The third kappa shape index (κ3) is 5.63. The van der Waals surface area contributed by atoms with Crippen LogP contribution < -0.4 is 9.47 Å². The van der Waals surface area contributed by atoms with Crippen LogP contribution in [0.5, 0.6) is 17.2 Å². The molecule has 0 radical (unpaired) electrons. The lowest BCUT2D eigenvalue weighted by molar-refractivity contribution is 0.198. The number of benzene rings is 2. The van der Waals surface area contributed by atoms with Crippen molar-refractivity contribution in [1.82, 2.24) is 0 Å². The van der Waals surface area contributed by atoms with Crippen molar-refractivity contribution in [3.8, 4) is 17.2 Å². The summed E-state index contributed by atoms with van der Waals surface area (Å²) in [5, 5.41) is 0. The van der Waals surface area contributed by atoms with Crippen LogP contribution in [0.2, 0.25) is 0 Å². The lowest BCUT2D eigenvalue weighted by Crippen LogP contribution is -2.16. The van der Waals surface area contributed by atoms with Gasteiger partial charge in [0.15, 0.2) is 0 Å². The molecular weight excluding hydrogens is 284 g/mol. The summed E-state index contributed by atoms with van der Waals surface area (Å²) in [6, 6.07) is 16.1. The molecule has 0 atom stereocenters. The van der Waals surface area contributed by atoms with Gasteiger partial charge in [-0.3, -0.25) is 0 Å². The van der Waals surface area contributed by atoms with Gasteiger partial charge < -0.3 is 9.47 Å². The van der Waals surface area contributed by atoms with Crippen molar-refractivity contribution >= 4 is 0 Å². The highest BCUT2D eigenvalue weighted by atomic mass is 16.5. The molecule has 0 heterocycles. The fraction of sp³-hybridized carbons (Fsp3) is 0.429. The summed E-state index contributed by atoms with van der Waals surface area (Å²) in [4.78, 5) is 0. The van der Waals surface area contributed by atoms with Gasteiger partial charge in [0.25, 0.3) is 0 Å². The molecular formula is C21H28O2. The predicted octanol–water partition coefficient (Wildman–Crippen LogP) is 6.20. The van der Waals surface area contributed by atoms with Crippen molar-refractivity contribution in [1.29, 1.82) is 0 Å². The summed E-state index contributed by atoms with van der Waals surface area (Å²) in [5.41, 5.74) is 1.62. The van der Waals surface area contributed by atoms with Crippen molar-refractivity contribution in [2.45, 2.75) is 47.0 Å². The fourth-order valence-electron chi connectivity index (χ4n) is 2.06. The third-order valence-electron chi connectivity index (χ3n) is 3.45. The van der Waals surface area contributed by atoms with Gasteiger partial charge in [0.1, 0.15) is 17.2 Å². The van der Waals surface area contributed by atoms with Gasteiger partial charge in [-0.2, -0.15) is 0 Å². The Balaban J connectivity index is 1.98. The molecule has 0 unspecified atom stereocenters. The van der Waals surface area contributed by atoms with Gasteiger partial charge in [0.2, 0.25) is 0 Å². The molecule has 0 aliphatic carbocycles. The molecule has 2 rings (SSSR count). The molecule has 2 aromatic rings. The molecule has 0 saturated heterocycles. The van der Waals surface area contributed by atoms with Crippen LogP contribution in [0.4, 0.5) is 0 Å². The molecule has 0 N–H and O–H groups in total. The molecule has 0 spiro atoms. The Labute approximate surface area is 140 Å². The second-order valence-corrected chi connectivity index (χ2v) is 8.20. The molecule has 0 saturated carbocycles. The first-order valence-electron chi connectivity index (χ1n) is 8.15. The van der Waals surface area contributed by atoms with Gasteiger partial charge in [-0.05, 0) is 52.8 Å². The summed E-state index contributed by atoms with van der Waals surface area (Å²) in [7, 11) is 0. The average Bonchev–Trinajstić information content (AvgIpc) is 2.45. The Bertz CT molecular complexity index is 611. The largest absolute Gasteiger partial charge is 0.493 e. The molecule has 124 valence electrons. The summed E-state index contributed by atoms with van der Waals surface area (Å²) in [5.74, 6) is 2.54. The zero-order chi connectivity index (χ0) is 17.1. The first-order chi connectivity index (χ1) is 10.6. The summed E-state index contributed by atoms with van der Waals surface area (Å²) in [6.07, 6.45) is 0. The van der Waals surface area contributed by atoms with Crippen LogP contribution in [0.15, 0.2) is 48.5 Å². The summed E-state index contributed by atoms with van der Waals surface area (Å²) < 4.78 is 11.7. The maximum atomic E-state index is 5.89. The van der Waals surface area contributed by atoms with Gasteiger partial charge in [0.05, 0.1) is 6.61 Å². The van der Waals surface area contributed by atoms with E-state index in [2.05, 4.69) is 53.7 Å². The molecule has 0 aromatic heterocycles. The highest BCUT2D eigenvalue weighted by molar-refractivity contribution is 5.37. The Hall–Kier alpha value is -1.96. The minimum Gasteiger partial charge on any atom is -0.493 e. The standard InChI is InChI=1S/C21H28O2/c1-20(2,3)15-22-17-11-13-19(14-12-17)23-18-9-7-16(8-10-18)21(4,5)6/h7-14H,15H2,1-6H3. The first kappa shape index (κ1) is 17.4. The van der Waals surface area contributed by atoms with Crippen LogP contribution in [0.3, 0.4) is 0 Å². The molecule has 0 aliphatic rings. The average molecular weight is 312 g/mol. The van der Waals surface area contributed by atoms with E-state index in [0.717, 1.165) is 17.2 Å². The molecule has 0 bridgehead atoms. The topological polar surface area (TPSA) is 18.5 Å². The van der Waals surface area contributed by atoms with E-state index in [0.29, 0.717) is 6.61 Å². The van der Waals surface area contributed by atoms with Crippen LogP contribution in [0.25, 0.3) is 0 Å². The number of hydrogen-bond acceptors (Lipinski definition) is 2. The van der Waals surface area contributed by atoms with Gasteiger partial charge in [-0.15, -0.1) is 0 Å².